The maximum atomic E-state index is 12.1. The van der Waals surface area contributed by atoms with Crippen LogP contribution in [-0.2, 0) is 0 Å². The highest BCUT2D eigenvalue weighted by Gasteiger charge is 1.97. The van der Waals surface area contributed by atoms with Crippen LogP contribution in [0.1, 0.15) is 5.56 Å². The van der Waals surface area contributed by atoms with Crippen LogP contribution >= 0.6 is 0 Å². The molecule has 3 heteroatoms. The van der Waals surface area contributed by atoms with Gasteiger partial charge in [0.05, 0.1) is 0 Å². The predicted molar refractivity (Wildman–Crippen MR) is 25.5 cm³/mol. The van der Waals surface area contributed by atoms with Crippen LogP contribution in [0.15, 0.2) is 12.3 Å². The van der Waals surface area contributed by atoms with Gasteiger partial charge in [0.15, 0.2) is 0 Å². The fourth-order valence-electron chi connectivity index (χ4n) is 0.435. The van der Waals surface area contributed by atoms with E-state index in [1.54, 1.807) is 6.07 Å². The van der Waals surface area contributed by atoms with E-state index in [9.17, 15) is 4.39 Å². The minimum Gasteiger partial charge on any atom is -0.337 e. The smallest absolute Gasteiger partial charge is 0.209 e. The van der Waals surface area contributed by atoms with Crippen molar-refractivity contribution in [2.75, 3.05) is 0 Å². The molecular formula is C5H3FN2. The van der Waals surface area contributed by atoms with Gasteiger partial charge in [-0.2, -0.15) is 9.65 Å². The maximum absolute atomic E-state index is 12.1. The molecule has 1 rings (SSSR count). The zero-order valence-corrected chi connectivity index (χ0v) is 3.98. The first kappa shape index (κ1) is 4.85. The number of aromatic amines is 1. The van der Waals surface area contributed by atoms with Gasteiger partial charge in [-0.1, -0.05) is 0 Å². The summed E-state index contributed by atoms with van der Waals surface area (Å²) in [6, 6.07) is 3.05. The summed E-state index contributed by atoms with van der Waals surface area (Å²) in [5, 5.41) is 8.10. The molecule has 0 fully saturated rings. The fraction of sp³-hybridized carbons (Fsp3) is 0. The van der Waals surface area contributed by atoms with Crippen molar-refractivity contribution in [3.05, 3.63) is 23.8 Å². The fourth-order valence-corrected chi connectivity index (χ4v) is 0.435. The number of hydrogen-bond acceptors (Lipinski definition) is 1. The van der Waals surface area contributed by atoms with Gasteiger partial charge in [0.2, 0.25) is 5.95 Å². The van der Waals surface area contributed by atoms with E-state index in [4.69, 9.17) is 5.26 Å². The van der Waals surface area contributed by atoms with E-state index in [2.05, 4.69) is 4.98 Å². The third-order valence-electron chi connectivity index (χ3n) is 0.817. The lowest BCUT2D eigenvalue weighted by Crippen LogP contribution is -1.73. The molecule has 0 unspecified atom stereocenters. The number of nitrogens with one attached hydrogen (secondary N) is 1. The molecule has 40 valence electrons. The molecule has 8 heavy (non-hydrogen) atoms. The van der Waals surface area contributed by atoms with Crippen molar-refractivity contribution in [1.29, 1.82) is 5.26 Å². The number of rotatable bonds is 0. The second kappa shape index (κ2) is 1.66. The average molecular weight is 110 g/mol. The molecule has 1 heterocycles. The average Bonchev–Trinajstić information content (AvgIpc) is 2.14. The first-order chi connectivity index (χ1) is 3.84. The maximum Gasteiger partial charge on any atom is 0.209 e. The van der Waals surface area contributed by atoms with Gasteiger partial charge in [-0.3, -0.25) is 0 Å². The van der Waals surface area contributed by atoms with Crippen molar-refractivity contribution in [2.45, 2.75) is 0 Å². The Labute approximate surface area is 45.6 Å². The standard InChI is InChI=1S/C5H3FN2/c6-5-4(3-7)1-2-8-5/h1-2,8H. The molecule has 1 aromatic rings. The first-order valence-corrected chi connectivity index (χ1v) is 2.07. The Morgan fingerprint density at radius 3 is 2.75 bits per heavy atom. The quantitative estimate of drug-likeness (QED) is 0.532. The number of H-pyrrole nitrogens is 1. The molecule has 0 aliphatic carbocycles. The third-order valence-corrected chi connectivity index (χ3v) is 0.817. The molecule has 0 spiro atoms. The molecule has 2 nitrogen and oxygen atoms in total. The SMILES string of the molecule is N#Cc1cc[nH]c1F. The minimum absolute atomic E-state index is 0.0602. The Morgan fingerprint density at radius 1 is 1.75 bits per heavy atom. The number of nitriles is 1. The highest BCUT2D eigenvalue weighted by molar-refractivity contribution is 5.25. The molecule has 0 aliphatic rings. The topological polar surface area (TPSA) is 39.6 Å². The number of hydrogen-bond donors (Lipinski definition) is 1. The van der Waals surface area contributed by atoms with Crippen molar-refractivity contribution in [3.63, 3.8) is 0 Å². The molecule has 0 saturated carbocycles. The lowest BCUT2D eigenvalue weighted by molar-refractivity contribution is 0.588. The van der Waals surface area contributed by atoms with Crippen molar-refractivity contribution in [2.24, 2.45) is 0 Å². The summed E-state index contributed by atoms with van der Waals surface area (Å²) < 4.78 is 12.1. The van der Waals surface area contributed by atoms with Gasteiger partial charge in [-0.25, -0.2) is 0 Å². The Kier molecular flexibility index (Phi) is 1.01. The lowest BCUT2D eigenvalue weighted by Gasteiger charge is -1.73. The molecule has 0 atom stereocenters. The summed E-state index contributed by atoms with van der Waals surface area (Å²) in [6.45, 7) is 0. The Bertz CT molecular complexity index is 221. The minimum atomic E-state index is -0.562. The summed E-state index contributed by atoms with van der Waals surface area (Å²) in [5.74, 6) is -0.562. The number of halogens is 1. The summed E-state index contributed by atoms with van der Waals surface area (Å²) in [6.07, 6.45) is 1.38. The van der Waals surface area contributed by atoms with Crippen LogP contribution in [0.25, 0.3) is 0 Å². The van der Waals surface area contributed by atoms with Gasteiger partial charge in [0.1, 0.15) is 11.6 Å². The molecule has 0 amide bonds. The van der Waals surface area contributed by atoms with Crippen LogP contribution in [0, 0.1) is 17.3 Å². The van der Waals surface area contributed by atoms with E-state index in [0.717, 1.165) is 0 Å². The Hall–Kier alpha value is -1.30. The largest absolute Gasteiger partial charge is 0.337 e. The Balaban J connectivity index is 3.15. The third kappa shape index (κ3) is 0.562. The second-order valence-corrected chi connectivity index (χ2v) is 1.32. The zero-order valence-electron chi connectivity index (χ0n) is 3.98. The van der Waals surface area contributed by atoms with Gasteiger partial charge < -0.3 is 4.98 Å². The summed E-state index contributed by atoms with van der Waals surface area (Å²) in [5.41, 5.74) is 0.0602. The van der Waals surface area contributed by atoms with Crippen LogP contribution in [0.4, 0.5) is 4.39 Å². The van der Waals surface area contributed by atoms with Gasteiger partial charge >= 0.3 is 0 Å². The molecule has 1 aromatic heterocycles. The predicted octanol–water partition coefficient (Wildman–Crippen LogP) is 1.03. The van der Waals surface area contributed by atoms with Crippen LogP contribution in [0.3, 0.4) is 0 Å². The van der Waals surface area contributed by atoms with Gasteiger partial charge in [0.25, 0.3) is 0 Å². The van der Waals surface area contributed by atoms with Crippen LogP contribution < -0.4 is 0 Å². The zero-order chi connectivity index (χ0) is 5.98. The van der Waals surface area contributed by atoms with Crippen molar-refractivity contribution < 1.29 is 4.39 Å². The first-order valence-electron chi connectivity index (χ1n) is 2.07. The molecule has 0 aliphatic heterocycles. The van der Waals surface area contributed by atoms with Gasteiger partial charge in [0, 0.05) is 6.20 Å². The highest BCUT2D eigenvalue weighted by atomic mass is 19.1. The van der Waals surface area contributed by atoms with Gasteiger partial charge in [-0.15, -0.1) is 0 Å². The summed E-state index contributed by atoms with van der Waals surface area (Å²) >= 11 is 0. The van der Waals surface area contributed by atoms with Gasteiger partial charge in [-0.05, 0) is 6.07 Å². The number of nitrogens with zero attached hydrogens (tertiary/aromatic N) is 1. The van der Waals surface area contributed by atoms with E-state index in [-0.39, 0.29) is 5.56 Å². The highest BCUT2D eigenvalue weighted by Crippen LogP contribution is 1.99. The molecular weight excluding hydrogens is 107 g/mol. The van der Waals surface area contributed by atoms with E-state index in [1.807, 2.05) is 0 Å². The van der Waals surface area contributed by atoms with Crippen molar-refractivity contribution in [3.8, 4) is 6.07 Å². The molecule has 0 saturated heterocycles. The van der Waals surface area contributed by atoms with E-state index in [0.29, 0.717) is 0 Å². The number of aromatic nitrogens is 1. The normalized spacial score (nSPS) is 8.50. The molecule has 1 N–H and O–H groups in total. The molecule has 0 bridgehead atoms. The van der Waals surface area contributed by atoms with Crippen molar-refractivity contribution in [1.82, 2.24) is 4.98 Å². The Morgan fingerprint density at radius 2 is 2.50 bits per heavy atom. The van der Waals surface area contributed by atoms with Crippen LogP contribution in [0.5, 0.6) is 0 Å². The monoisotopic (exact) mass is 110 g/mol. The van der Waals surface area contributed by atoms with Crippen molar-refractivity contribution >= 4 is 0 Å². The van der Waals surface area contributed by atoms with E-state index < -0.39 is 5.95 Å². The summed E-state index contributed by atoms with van der Waals surface area (Å²) in [4.78, 5) is 2.23. The van der Waals surface area contributed by atoms with Crippen LogP contribution in [0.2, 0.25) is 0 Å². The van der Waals surface area contributed by atoms with E-state index >= 15 is 0 Å². The second-order valence-electron chi connectivity index (χ2n) is 1.32. The van der Waals surface area contributed by atoms with E-state index in [1.165, 1.54) is 12.3 Å². The summed E-state index contributed by atoms with van der Waals surface area (Å²) in [7, 11) is 0. The lowest BCUT2D eigenvalue weighted by atomic mass is 10.4. The molecule has 0 radical (unpaired) electrons. The molecule has 0 aromatic carbocycles. The van der Waals surface area contributed by atoms with Crippen LogP contribution in [-0.4, -0.2) is 4.98 Å².